The molecule has 0 radical (unpaired) electrons. The minimum absolute atomic E-state index is 0.134. The minimum Gasteiger partial charge on any atom is -0.479 e. The highest BCUT2D eigenvalue weighted by molar-refractivity contribution is 7.87. The molecule has 17 heteroatoms. The van der Waals surface area contributed by atoms with E-state index in [1.807, 2.05) is 0 Å². The fourth-order valence-corrected chi connectivity index (χ4v) is 3.12. The lowest BCUT2D eigenvalue weighted by molar-refractivity contribution is -0.156. The summed E-state index contributed by atoms with van der Waals surface area (Å²) in [6.45, 7) is 3.94. The molecule has 2 atom stereocenters. The van der Waals surface area contributed by atoms with Gasteiger partial charge in [0.1, 0.15) is 18.2 Å². The molecule has 1 rings (SSSR count). The molecular formula is C20H22F7NO8S. The fraction of sp³-hybridized carbons (Fsp3) is 0.550. The molecule has 1 aromatic rings. The van der Waals surface area contributed by atoms with E-state index in [4.69, 9.17) is 4.74 Å². The first-order valence-corrected chi connectivity index (χ1v) is 11.6. The molecule has 9 nitrogen and oxygen atoms in total. The summed E-state index contributed by atoms with van der Waals surface area (Å²) < 4.78 is 128. The number of hydrogen-bond donors (Lipinski definition) is 1. The zero-order chi connectivity index (χ0) is 28.9. The number of Topliss-reactive ketones (excluding diaryl/α,β-unsaturated/α-hetero) is 1. The summed E-state index contributed by atoms with van der Waals surface area (Å²) >= 11 is 0. The van der Waals surface area contributed by atoms with Crippen molar-refractivity contribution < 1.29 is 67.2 Å². The van der Waals surface area contributed by atoms with Crippen molar-refractivity contribution in [1.29, 1.82) is 0 Å². The summed E-state index contributed by atoms with van der Waals surface area (Å²) in [5.41, 5.74) is -6.99. The van der Waals surface area contributed by atoms with Gasteiger partial charge in [0.25, 0.3) is 5.91 Å². The third kappa shape index (κ3) is 9.14. The molecule has 0 saturated carbocycles. The number of amides is 1. The first-order valence-electron chi connectivity index (χ1n) is 10.2. The van der Waals surface area contributed by atoms with Crippen LogP contribution < -0.4 is 10.1 Å². The van der Waals surface area contributed by atoms with E-state index in [0.29, 0.717) is 0 Å². The van der Waals surface area contributed by atoms with Crippen molar-refractivity contribution in [2.75, 3.05) is 6.61 Å². The molecule has 0 spiro atoms. The average molecular weight is 569 g/mol. The lowest BCUT2D eigenvalue weighted by Gasteiger charge is -2.24. The van der Waals surface area contributed by atoms with Gasteiger partial charge in [-0.05, 0) is 27.2 Å². The minimum atomic E-state index is -6.24. The predicted molar refractivity (Wildman–Crippen MR) is 109 cm³/mol. The lowest BCUT2D eigenvalue weighted by Crippen LogP contribution is -2.49. The van der Waals surface area contributed by atoms with E-state index in [1.54, 1.807) is 5.32 Å². The Morgan fingerprint density at radius 3 is 1.95 bits per heavy atom. The van der Waals surface area contributed by atoms with Crippen LogP contribution in [0.15, 0.2) is 6.07 Å². The summed E-state index contributed by atoms with van der Waals surface area (Å²) in [5.74, 6) is -13.5. The number of carbonyl (C=O) groups is 3. The van der Waals surface area contributed by atoms with Gasteiger partial charge in [0.15, 0.2) is 29.3 Å². The molecule has 0 aliphatic heterocycles. The van der Waals surface area contributed by atoms with Crippen LogP contribution in [0.25, 0.3) is 0 Å². The van der Waals surface area contributed by atoms with E-state index < -0.39 is 99.5 Å². The van der Waals surface area contributed by atoms with Gasteiger partial charge in [0.2, 0.25) is 11.6 Å². The number of esters is 1. The van der Waals surface area contributed by atoms with E-state index >= 15 is 0 Å². The normalized spacial score (nSPS) is 14.0. The summed E-state index contributed by atoms with van der Waals surface area (Å²) in [4.78, 5) is 37.1. The summed E-state index contributed by atoms with van der Waals surface area (Å²) in [6, 6.07) is -2.15. The molecule has 0 bridgehead atoms. The van der Waals surface area contributed by atoms with Crippen molar-refractivity contribution in [3.8, 4) is 5.75 Å². The van der Waals surface area contributed by atoms with E-state index in [1.165, 1.54) is 20.8 Å². The Labute approximate surface area is 206 Å². The Morgan fingerprint density at radius 1 is 1.00 bits per heavy atom. The molecule has 0 fully saturated rings. The Bertz CT molecular complexity index is 1110. The highest BCUT2D eigenvalue weighted by atomic mass is 32.2. The number of rotatable bonds is 11. The number of benzene rings is 1. The number of ether oxygens (including phenoxy) is 2. The second kappa shape index (κ2) is 12.1. The highest BCUT2D eigenvalue weighted by Crippen LogP contribution is 2.27. The maximum absolute atomic E-state index is 13.8. The zero-order valence-electron chi connectivity index (χ0n) is 19.7. The maximum atomic E-state index is 13.8. The monoisotopic (exact) mass is 569 g/mol. The number of alkyl halides is 3. The number of carbonyl (C=O) groups excluding carboxylic acids is 3. The predicted octanol–water partition coefficient (Wildman–Crippen LogP) is 3.05. The van der Waals surface area contributed by atoms with Crippen LogP contribution in [0.1, 0.15) is 40.5 Å². The number of hydrogen-bond acceptors (Lipinski definition) is 8. The lowest BCUT2D eigenvalue weighted by atomic mass is 10.1. The molecule has 0 aromatic heterocycles. The van der Waals surface area contributed by atoms with Crippen molar-refractivity contribution in [2.24, 2.45) is 0 Å². The Hall–Kier alpha value is -2.95. The van der Waals surface area contributed by atoms with Crippen LogP contribution in [0, 0.1) is 23.3 Å². The van der Waals surface area contributed by atoms with Crippen molar-refractivity contribution in [2.45, 2.75) is 63.8 Å². The maximum Gasteiger partial charge on any atom is 0.523 e. The van der Waals surface area contributed by atoms with Crippen LogP contribution in [0.3, 0.4) is 0 Å². The van der Waals surface area contributed by atoms with Gasteiger partial charge in [-0.3, -0.25) is 14.4 Å². The second-order valence-corrected chi connectivity index (χ2v) is 9.86. The van der Waals surface area contributed by atoms with Gasteiger partial charge in [0, 0.05) is 6.07 Å². The molecule has 1 unspecified atom stereocenters. The average Bonchev–Trinajstić information content (AvgIpc) is 2.73. The molecule has 1 aromatic carbocycles. The third-order valence-electron chi connectivity index (χ3n) is 4.12. The Balaban J connectivity index is 3.18. The van der Waals surface area contributed by atoms with Crippen LogP contribution >= 0.6 is 0 Å². The van der Waals surface area contributed by atoms with Crippen molar-refractivity contribution >= 4 is 27.8 Å². The molecule has 0 heterocycles. The zero-order valence-corrected chi connectivity index (χ0v) is 20.5. The van der Waals surface area contributed by atoms with Gasteiger partial charge >= 0.3 is 21.6 Å². The molecule has 210 valence electrons. The molecule has 0 saturated heterocycles. The standard InChI is InChI=1S/C20H22F7NO8S/c1-5-13(36-37(32,33)20(25,26)27)18(31)28-11(7-14(30)35-19(2,3)4)12(29)8-34-17-15(23)9(21)6-10(22)16(17)24/h6,11,13H,5,7-8H2,1-4H3,(H,28,31)/t11?,13-/m1/s1. The Morgan fingerprint density at radius 2 is 1.51 bits per heavy atom. The molecule has 0 aliphatic rings. The van der Waals surface area contributed by atoms with Crippen molar-refractivity contribution in [3.63, 3.8) is 0 Å². The second-order valence-electron chi connectivity index (χ2n) is 8.30. The van der Waals surface area contributed by atoms with Crippen LogP contribution in [0.4, 0.5) is 30.7 Å². The fourth-order valence-electron chi connectivity index (χ4n) is 2.49. The summed E-state index contributed by atoms with van der Waals surface area (Å²) in [5, 5.41) is 1.79. The highest BCUT2D eigenvalue weighted by Gasteiger charge is 2.49. The third-order valence-corrected chi connectivity index (χ3v) is 5.17. The van der Waals surface area contributed by atoms with Crippen molar-refractivity contribution in [1.82, 2.24) is 5.32 Å². The van der Waals surface area contributed by atoms with E-state index in [-0.39, 0.29) is 6.07 Å². The SMILES string of the molecule is CC[C@@H](OS(=O)(=O)C(F)(F)F)C(=O)NC(CC(=O)OC(C)(C)C)C(=O)COc1c(F)c(F)cc(F)c1F. The number of ketones is 1. The Kier molecular flexibility index (Phi) is 10.5. The topological polar surface area (TPSA) is 125 Å². The van der Waals surface area contributed by atoms with Gasteiger partial charge in [-0.2, -0.15) is 30.4 Å². The molecule has 37 heavy (non-hydrogen) atoms. The largest absolute Gasteiger partial charge is 0.523 e. The number of halogens is 7. The van der Waals surface area contributed by atoms with Crippen LogP contribution in [-0.2, 0) is 33.4 Å². The van der Waals surface area contributed by atoms with Gasteiger partial charge in [-0.25, -0.2) is 13.0 Å². The quantitative estimate of drug-likeness (QED) is 0.142. The van der Waals surface area contributed by atoms with Crippen LogP contribution in [0.5, 0.6) is 5.75 Å². The summed E-state index contributed by atoms with van der Waals surface area (Å²) in [6.07, 6.45) is -3.96. The molecule has 1 amide bonds. The summed E-state index contributed by atoms with van der Waals surface area (Å²) in [7, 11) is -6.24. The first-order chi connectivity index (χ1) is 16.7. The first kappa shape index (κ1) is 32.1. The van der Waals surface area contributed by atoms with Crippen LogP contribution in [0.2, 0.25) is 0 Å². The van der Waals surface area contributed by atoms with E-state index in [9.17, 15) is 53.5 Å². The van der Waals surface area contributed by atoms with Gasteiger partial charge in [-0.15, -0.1) is 0 Å². The van der Waals surface area contributed by atoms with Gasteiger partial charge < -0.3 is 14.8 Å². The molecular weight excluding hydrogens is 547 g/mol. The number of nitrogens with one attached hydrogen (secondary N) is 1. The van der Waals surface area contributed by atoms with Gasteiger partial charge in [0.05, 0.1) is 6.42 Å². The van der Waals surface area contributed by atoms with E-state index in [0.717, 1.165) is 6.92 Å². The smallest absolute Gasteiger partial charge is 0.479 e. The van der Waals surface area contributed by atoms with E-state index in [2.05, 4.69) is 8.92 Å². The molecule has 1 N–H and O–H groups in total. The molecule has 0 aliphatic carbocycles. The van der Waals surface area contributed by atoms with Crippen molar-refractivity contribution in [3.05, 3.63) is 29.3 Å². The van der Waals surface area contributed by atoms with Crippen LogP contribution in [-0.4, -0.2) is 55.9 Å². The van der Waals surface area contributed by atoms with Gasteiger partial charge in [-0.1, -0.05) is 6.92 Å².